The Kier molecular flexibility index (Phi) is 4.39. The van der Waals surface area contributed by atoms with Crippen molar-refractivity contribution < 1.29 is 24.2 Å². The van der Waals surface area contributed by atoms with E-state index in [2.05, 4.69) is 0 Å². The molecule has 1 aromatic carbocycles. The quantitative estimate of drug-likeness (QED) is 0.771. The molecule has 0 amide bonds. The molecule has 0 saturated carbocycles. The molecule has 0 aliphatic carbocycles. The van der Waals surface area contributed by atoms with Crippen LogP contribution in [0.1, 0.15) is 18.4 Å². The maximum absolute atomic E-state index is 13.3. The lowest BCUT2D eigenvalue weighted by molar-refractivity contribution is -0.137. The Morgan fingerprint density at radius 2 is 1.82 bits per heavy atom. The second-order valence-electron chi connectivity index (χ2n) is 3.39. The predicted molar refractivity (Wildman–Crippen MR) is 58.9 cm³/mol. The molecule has 5 heteroatoms. The van der Waals surface area contributed by atoms with Crippen LogP contribution in [-0.4, -0.2) is 22.2 Å². The van der Waals surface area contributed by atoms with Crippen LogP contribution < -0.4 is 0 Å². The molecule has 0 radical (unpaired) electrons. The SMILES string of the molecule is O=C(O)CC/C(=C\c1ccccc1F)C(=O)O. The van der Waals surface area contributed by atoms with Gasteiger partial charge in [-0.15, -0.1) is 0 Å². The molecule has 0 aromatic heterocycles. The van der Waals surface area contributed by atoms with Gasteiger partial charge in [0.2, 0.25) is 0 Å². The van der Waals surface area contributed by atoms with Crippen molar-refractivity contribution in [3.63, 3.8) is 0 Å². The summed E-state index contributed by atoms with van der Waals surface area (Å²) in [7, 11) is 0. The number of hydrogen-bond acceptors (Lipinski definition) is 2. The molecule has 1 aromatic rings. The number of rotatable bonds is 5. The van der Waals surface area contributed by atoms with Gasteiger partial charge in [-0.1, -0.05) is 18.2 Å². The van der Waals surface area contributed by atoms with Crippen molar-refractivity contribution in [2.24, 2.45) is 0 Å². The van der Waals surface area contributed by atoms with Gasteiger partial charge >= 0.3 is 11.9 Å². The first kappa shape index (κ1) is 12.9. The topological polar surface area (TPSA) is 74.6 Å². The Hall–Kier alpha value is -2.17. The minimum absolute atomic E-state index is 0.127. The van der Waals surface area contributed by atoms with Crippen molar-refractivity contribution in [2.75, 3.05) is 0 Å². The molecule has 0 saturated heterocycles. The van der Waals surface area contributed by atoms with Crippen LogP contribution in [0, 0.1) is 5.82 Å². The highest BCUT2D eigenvalue weighted by Crippen LogP contribution is 2.15. The normalized spacial score (nSPS) is 11.2. The molecule has 0 fully saturated rings. The van der Waals surface area contributed by atoms with Crippen molar-refractivity contribution in [2.45, 2.75) is 12.8 Å². The summed E-state index contributed by atoms with van der Waals surface area (Å²) < 4.78 is 13.3. The molecular formula is C12H11FO4. The van der Waals surface area contributed by atoms with Crippen LogP contribution in [0.4, 0.5) is 4.39 Å². The molecule has 0 aliphatic rings. The van der Waals surface area contributed by atoms with Gasteiger partial charge < -0.3 is 10.2 Å². The fourth-order valence-electron chi connectivity index (χ4n) is 1.26. The number of hydrogen-bond donors (Lipinski definition) is 2. The van der Waals surface area contributed by atoms with E-state index < -0.39 is 17.8 Å². The Morgan fingerprint density at radius 3 is 2.35 bits per heavy atom. The average Bonchev–Trinajstić information content (AvgIpc) is 2.25. The Labute approximate surface area is 97.0 Å². The number of halogens is 1. The molecule has 4 nitrogen and oxygen atoms in total. The number of carboxylic acids is 2. The largest absolute Gasteiger partial charge is 0.481 e. The molecule has 0 atom stereocenters. The predicted octanol–water partition coefficient (Wildman–Crippen LogP) is 2.16. The highest BCUT2D eigenvalue weighted by molar-refractivity contribution is 5.92. The maximum atomic E-state index is 13.3. The van der Waals surface area contributed by atoms with E-state index in [0.717, 1.165) is 6.08 Å². The summed E-state index contributed by atoms with van der Waals surface area (Å²) in [4.78, 5) is 21.2. The van der Waals surface area contributed by atoms with Crippen LogP contribution in [0.15, 0.2) is 29.8 Å². The van der Waals surface area contributed by atoms with Gasteiger partial charge in [-0.25, -0.2) is 9.18 Å². The molecule has 0 aliphatic heterocycles. The standard InChI is InChI=1S/C12H11FO4/c13-10-4-2-1-3-8(10)7-9(12(16)17)5-6-11(14)15/h1-4,7H,5-6H2,(H,14,15)(H,16,17)/b9-7+. The lowest BCUT2D eigenvalue weighted by Crippen LogP contribution is -2.04. The average molecular weight is 238 g/mol. The smallest absolute Gasteiger partial charge is 0.331 e. The molecule has 0 heterocycles. The van der Waals surface area contributed by atoms with E-state index in [1.54, 1.807) is 6.07 Å². The zero-order valence-corrected chi connectivity index (χ0v) is 8.89. The van der Waals surface area contributed by atoms with E-state index in [-0.39, 0.29) is 24.0 Å². The van der Waals surface area contributed by atoms with Gasteiger partial charge in [0, 0.05) is 17.6 Å². The minimum Gasteiger partial charge on any atom is -0.481 e. The zero-order chi connectivity index (χ0) is 12.8. The highest BCUT2D eigenvalue weighted by Gasteiger charge is 2.10. The number of aliphatic carboxylic acids is 2. The molecule has 0 bridgehead atoms. The number of benzene rings is 1. The second-order valence-corrected chi connectivity index (χ2v) is 3.39. The molecular weight excluding hydrogens is 227 g/mol. The van der Waals surface area contributed by atoms with Crippen molar-refractivity contribution in [1.29, 1.82) is 0 Å². The Bertz CT molecular complexity index is 465. The van der Waals surface area contributed by atoms with Crippen molar-refractivity contribution >= 4 is 18.0 Å². The van der Waals surface area contributed by atoms with E-state index in [9.17, 15) is 14.0 Å². The van der Waals surface area contributed by atoms with Crippen LogP contribution in [0.5, 0.6) is 0 Å². The van der Waals surface area contributed by atoms with E-state index >= 15 is 0 Å². The minimum atomic E-state index is -1.24. The van der Waals surface area contributed by atoms with E-state index in [1.165, 1.54) is 18.2 Å². The second kappa shape index (κ2) is 5.79. The first-order valence-electron chi connectivity index (χ1n) is 4.91. The van der Waals surface area contributed by atoms with Gasteiger partial charge in [0.15, 0.2) is 0 Å². The summed E-state index contributed by atoms with van der Waals surface area (Å²) >= 11 is 0. The van der Waals surface area contributed by atoms with Gasteiger partial charge in [0.1, 0.15) is 5.82 Å². The third-order valence-corrected chi connectivity index (χ3v) is 2.12. The molecule has 2 N–H and O–H groups in total. The van der Waals surface area contributed by atoms with Crippen molar-refractivity contribution in [3.8, 4) is 0 Å². The summed E-state index contributed by atoms with van der Waals surface area (Å²) in [6.07, 6.45) is 0.714. The Morgan fingerprint density at radius 1 is 1.18 bits per heavy atom. The van der Waals surface area contributed by atoms with Gasteiger partial charge in [0.05, 0.1) is 0 Å². The first-order chi connectivity index (χ1) is 8.00. The first-order valence-corrected chi connectivity index (χ1v) is 4.91. The summed E-state index contributed by atoms with van der Waals surface area (Å²) in [6.45, 7) is 0. The van der Waals surface area contributed by atoms with Gasteiger partial charge in [-0.05, 0) is 18.6 Å². The monoisotopic (exact) mass is 238 g/mol. The highest BCUT2D eigenvalue weighted by atomic mass is 19.1. The van der Waals surface area contributed by atoms with Crippen molar-refractivity contribution in [1.82, 2.24) is 0 Å². The lowest BCUT2D eigenvalue weighted by atomic mass is 10.1. The van der Waals surface area contributed by atoms with Gasteiger partial charge in [0.25, 0.3) is 0 Å². The van der Waals surface area contributed by atoms with Crippen LogP contribution in [0.2, 0.25) is 0 Å². The van der Waals surface area contributed by atoms with Crippen LogP contribution in [-0.2, 0) is 9.59 Å². The number of carbonyl (C=O) groups is 2. The molecule has 17 heavy (non-hydrogen) atoms. The summed E-state index contributed by atoms with van der Waals surface area (Å²) in [5.41, 5.74) is 0.00721. The molecule has 0 unspecified atom stereocenters. The van der Waals surface area contributed by atoms with E-state index in [0.29, 0.717) is 0 Å². The fraction of sp³-hybridized carbons (Fsp3) is 0.167. The van der Waals surface area contributed by atoms with E-state index in [4.69, 9.17) is 10.2 Å². The summed E-state index contributed by atoms with van der Waals surface area (Å²) in [5.74, 6) is -2.87. The van der Waals surface area contributed by atoms with Gasteiger partial charge in [-0.3, -0.25) is 4.79 Å². The van der Waals surface area contributed by atoms with Crippen LogP contribution in [0.25, 0.3) is 6.08 Å². The van der Waals surface area contributed by atoms with E-state index in [1.807, 2.05) is 0 Å². The number of carboxylic acid groups (broad SMARTS) is 2. The fourth-order valence-corrected chi connectivity index (χ4v) is 1.26. The molecule has 90 valence electrons. The van der Waals surface area contributed by atoms with Crippen LogP contribution >= 0.6 is 0 Å². The molecule has 1 rings (SSSR count). The van der Waals surface area contributed by atoms with Crippen LogP contribution in [0.3, 0.4) is 0 Å². The van der Waals surface area contributed by atoms with Crippen molar-refractivity contribution in [3.05, 3.63) is 41.2 Å². The molecule has 0 spiro atoms. The third kappa shape index (κ3) is 4.06. The lowest BCUT2D eigenvalue weighted by Gasteiger charge is -2.01. The van der Waals surface area contributed by atoms with Gasteiger partial charge in [-0.2, -0.15) is 0 Å². The summed E-state index contributed by atoms with van der Waals surface area (Å²) in [5, 5.41) is 17.3. The summed E-state index contributed by atoms with van der Waals surface area (Å²) in [6, 6.07) is 5.71. The maximum Gasteiger partial charge on any atom is 0.331 e. The Balaban J connectivity index is 2.94. The zero-order valence-electron chi connectivity index (χ0n) is 8.89. The third-order valence-electron chi connectivity index (χ3n) is 2.12.